The van der Waals surface area contributed by atoms with Crippen molar-refractivity contribution < 1.29 is 14.0 Å². The molecular weight excluding hydrogens is 380 g/mol. The van der Waals surface area contributed by atoms with Crippen molar-refractivity contribution in [3.63, 3.8) is 0 Å². The second-order valence-corrected chi connectivity index (χ2v) is 6.51. The lowest BCUT2D eigenvalue weighted by Crippen LogP contribution is -2.15. The Hall–Kier alpha value is -3.79. The summed E-state index contributed by atoms with van der Waals surface area (Å²) in [5, 5.41) is 11.6. The number of furan rings is 1. The van der Waals surface area contributed by atoms with Crippen LogP contribution in [0.25, 0.3) is 5.82 Å². The van der Waals surface area contributed by atoms with Crippen molar-refractivity contribution in [1.29, 1.82) is 0 Å². The highest BCUT2D eigenvalue weighted by atomic mass is 32.1. The molecule has 0 aromatic carbocycles. The Bertz CT molecular complexity index is 1070. The van der Waals surface area contributed by atoms with Gasteiger partial charge in [0.1, 0.15) is 0 Å². The van der Waals surface area contributed by atoms with Gasteiger partial charge in [0, 0.05) is 17.8 Å². The zero-order valence-corrected chi connectivity index (χ0v) is 15.2. The lowest BCUT2D eigenvalue weighted by atomic mass is 10.3. The maximum absolute atomic E-state index is 12.2. The van der Waals surface area contributed by atoms with Crippen molar-refractivity contribution in [3.05, 3.63) is 72.0 Å². The number of amides is 2. The van der Waals surface area contributed by atoms with Gasteiger partial charge in [-0.2, -0.15) is 5.10 Å². The molecule has 2 amide bonds. The second kappa shape index (κ2) is 7.84. The van der Waals surface area contributed by atoms with E-state index in [2.05, 4.69) is 25.7 Å². The van der Waals surface area contributed by atoms with Crippen molar-refractivity contribution in [3.8, 4) is 5.82 Å². The van der Waals surface area contributed by atoms with E-state index in [1.54, 1.807) is 59.0 Å². The SMILES string of the molecule is O=C(Cc1csc(NC(=O)c2ccco2)n1)Nc1ccc(-n2cccn2)nc1. The van der Waals surface area contributed by atoms with Gasteiger partial charge >= 0.3 is 0 Å². The zero-order chi connectivity index (χ0) is 19.3. The van der Waals surface area contributed by atoms with Crippen LogP contribution >= 0.6 is 11.3 Å². The van der Waals surface area contributed by atoms with Crippen LogP contribution in [0.15, 0.2) is 65.0 Å². The summed E-state index contributed by atoms with van der Waals surface area (Å²) in [6.07, 6.45) is 6.50. The first-order chi connectivity index (χ1) is 13.7. The van der Waals surface area contributed by atoms with Gasteiger partial charge in [-0.15, -0.1) is 11.3 Å². The first-order valence-electron chi connectivity index (χ1n) is 8.22. The molecule has 0 bridgehead atoms. The van der Waals surface area contributed by atoms with Gasteiger partial charge < -0.3 is 9.73 Å². The zero-order valence-electron chi connectivity index (χ0n) is 14.4. The second-order valence-electron chi connectivity index (χ2n) is 5.66. The molecule has 10 heteroatoms. The fourth-order valence-electron chi connectivity index (χ4n) is 2.38. The lowest BCUT2D eigenvalue weighted by molar-refractivity contribution is -0.115. The molecule has 9 nitrogen and oxygen atoms in total. The number of hydrogen-bond donors (Lipinski definition) is 2. The number of carbonyl (C=O) groups is 2. The number of aromatic nitrogens is 4. The molecule has 28 heavy (non-hydrogen) atoms. The van der Waals surface area contributed by atoms with Gasteiger partial charge in [-0.05, 0) is 30.3 Å². The maximum Gasteiger partial charge on any atom is 0.293 e. The number of hydrogen-bond acceptors (Lipinski definition) is 7. The summed E-state index contributed by atoms with van der Waals surface area (Å²) in [6.45, 7) is 0. The summed E-state index contributed by atoms with van der Waals surface area (Å²) in [4.78, 5) is 32.7. The molecule has 0 aliphatic heterocycles. The van der Waals surface area contributed by atoms with Gasteiger partial charge in [-0.25, -0.2) is 14.6 Å². The maximum atomic E-state index is 12.2. The average Bonchev–Trinajstić information content (AvgIpc) is 3.45. The molecule has 0 aliphatic carbocycles. The van der Waals surface area contributed by atoms with Crippen molar-refractivity contribution in [2.24, 2.45) is 0 Å². The summed E-state index contributed by atoms with van der Waals surface area (Å²) < 4.78 is 6.65. The standard InChI is InChI=1S/C18H14N6O3S/c25-16(21-12-4-5-15(19-10-12)24-7-2-6-20-24)9-13-11-28-18(22-13)23-17(26)14-3-1-8-27-14/h1-8,10-11H,9H2,(H,21,25)(H,22,23,26). The predicted octanol–water partition coefficient (Wildman–Crippen LogP) is 2.75. The van der Waals surface area contributed by atoms with E-state index in [1.165, 1.54) is 17.6 Å². The van der Waals surface area contributed by atoms with Gasteiger partial charge in [0.05, 0.1) is 30.3 Å². The van der Waals surface area contributed by atoms with Crippen molar-refractivity contribution in [2.45, 2.75) is 6.42 Å². The topological polar surface area (TPSA) is 115 Å². The largest absolute Gasteiger partial charge is 0.459 e. The minimum Gasteiger partial charge on any atom is -0.459 e. The van der Waals surface area contributed by atoms with E-state index >= 15 is 0 Å². The molecule has 0 unspecified atom stereocenters. The minimum absolute atomic E-state index is 0.0774. The number of carbonyl (C=O) groups excluding carboxylic acids is 2. The molecule has 4 aromatic heterocycles. The summed E-state index contributed by atoms with van der Waals surface area (Å²) >= 11 is 1.24. The van der Waals surface area contributed by atoms with Gasteiger partial charge in [0.2, 0.25) is 5.91 Å². The monoisotopic (exact) mass is 394 g/mol. The van der Waals surface area contributed by atoms with Gasteiger partial charge in [-0.3, -0.25) is 14.9 Å². The number of pyridine rings is 1. The van der Waals surface area contributed by atoms with Crippen LogP contribution in [0.5, 0.6) is 0 Å². The number of nitrogens with zero attached hydrogens (tertiary/aromatic N) is 4. The third-order valence-electron chi connectivity index (χ3n) is 3.63. The third-order valence-corrected chi connectivity index (χ3v) is 4.44. The first-order valence-corrected chi connectivity index (χ1v) is 9.10. The Morgan fingerprint density at radius 3 is 2.82 bits per heavy atom. The van der Waals surface area contributed by atoms with E-state index in [0.717, 1.165) is 0 Å². The highest BCUT2D eigenvalue weighted by molar-refractivity contribution is 7.14. The van der Waals surface area contributed by atoms with Crippen LogP contribution in [0.4, 0.5) is 10.8 Å². The number of nitrogens with one attached hydrogen (secondary N) is 2. The molecular formula is C18H14N6O3S. The van der Waals surface area contributed by atoms with Gasteiger partial charge in [0.25, 0.3) is 5.91 Å². The molecule has 4 aromatic rings. The van der Waals surface area contributed by atoms with Crippen LogP contribution in [-0.4, -0.2) is 31.6 Å². The van der Waals surface area contributed by atoms with E-state index in [1.807, 2.05) is 0 Å². The molecule has 0 fully saturated rings. The molecule has 140 valence electrons. The number of anilines is 2. The van der Waals surface area contributed by atoms with Crippen LogP contribution in [0.3, 0.4) is 0 Å². The molecule has 0 atom stereocenters. The van der Waals surface area contributed by atoms with Crippen LogP contribution in [0.2, 0.25) is 0 Å². The van der Waals surface area contributed by atoms with Gasteiger partial charge in [0.15, 0.2) is 16.7 Å². The summed E-state index contributed by atoms with van der Waals surface area (Å²) in [5.41, 5.74) is 1.13. The number of thiazole rings is 1. The minimum atomic E-state index is -0.390. The lowest BCUT2D eigenvalue weighted by Gasteiger charge is -2.05. The van der Waals surface area contributed by atoms with E-state index in [4.69, 9.17) is 4.42 Å². The summed E-state index contributed by atoms with van der Waals surface area (Å²) in [6, 6.07) is 8.49. The van der Waals surface area contributed by atoms with Gasteiger partial charge in [-0.1, -0.05) is 0 Å². The van der Waals surface area contributed by atoms with Crippen molar-refractivity contribution in [2.75, 3.05) is 10.6 Å². The summed E-state index contributed by atoms with van der Waals surface area (Å²) in [7, 11) is 0. The van der Waals surface area contributed by atoms with Crippen LogP contribution in [-0.2, 0) is 11.2 Å². The molecule has 0 aliphatic rings. The van der Waals surface area contributed by atoms with E-state index in [9.17, 15) is 9.59 Å². The highest BCUT2D eigenvalue weighted by Crippen LogP contribution is 2.18. The fourth-order valence-corrected chi connectivity index (χ4v) is 3.09. The highest BCUT2D eigenvalue weighted by Gasteiger charge is 2.13. The molecule has 2 N–H and O–H groups in total. The predicted molar refractivity (Wildman–Crippen MR) is 102 cm³/mol. The fraction of sp³-hybridized carbons (Fsp3) is 0.0556. The molecule has 0 saturated heterocycles. The Balaban J connectivity index is 1.33. The Labute approximate surface area is 163 Å². The Morgan fingerprint density at radius 2 is 2.11 bits per heavy atom. The van der Waals surface area contributed by atoms with Crippen molar-refractivity contribution in [1.82, 2.24) is 19.7 Å². The molecule has 4 rings (SSSR count). The normalized spacial score (nSPS) is 10.6. The van der Waals surface area contributed by atoms with Crippen LogP contribution in [0.1, 0.15) is 16.2 Å². The average molecular weight is 394 g/mol. The summed E-state index contributed by atoms with van der Waals surface area (Å²) in [5.74, 6) is 0.224. The van der Waals surface area contributed by atoms with Crippen LogP contribution in [0, 0.1) is 0 Å². The first kappa shape index (κ1) is 17.6. The van der Waals surface area contributed by atoms with Crippen molar-refractivity contribution >= 4 is 34.0 Å². The van der Waals surface area contributed by atoms with E-state index in [-0.39, 0.29) is 18.1 Å². The number of rotatable bonds is 6. The third kappa shape index (κ3) is 4.13. The van der Waals surface area contributed by atoms with Crippen LogP contribution < -0.4 is 10.6 Å². The molecule has 0 saturated carbocycles. The molecule has 4 heterocycles. The Morgan fingerprint density at radius 1 is 1.18 bits per heavy atom. The van der Waals surface area contributed by atoms with E-state index in [0.29, 0.717) is 22.3 Å². The molecule has 0 spiro atoms. The molecule has 0 radical (unpaired) electrons. The Kier molecular flexibility index (Phi) is 4.93. The van der Waals surface area contributed by atoms with E-state index < -0.39 is 5.91 Å². The smallest absolute Gasteiger partial charge is 0.293 e. The quantitative estimate of drug-likeness (QED) is 0.520.